The molecule has 0 fully saturated rings. The second kappa shape index (κ2) is 4.86. The molecule has 2 aromatic rings. The van der Waals surface area contributed by atoms with E-state index in [-0.39, 0.29) is 11.6 Å². The summed E-state index contributed by atoms with van der Waals surface area (Å²) < 4.78 is 20.5. The number of imidazole rings is 1. The van der Waals surface area contributed by atoms with Crippen LogP contribution in [0.4, 0.5) is 16.0 Å². The van der Waals surface area contributed by atoms with Gasteiger partial charge in [-0.2, -0.15) is 0 Å². The molecular formula is C12H14FN3O. The van der Waals surface area contributed by atoms with Gasteiger partial charge in [0.05, 0.1) is 6.61 Å². The fourth-order valence-electron chi connectivity index (χ4n) is 1.47. The smallest absolute Gasteiger partial charge is 0.207 e. The van der Waals surface area contributed by atoms with Crippen molar-refractivity contribution in [3.8, 4) is 5.75 Å². The Bertz CT molecular complexity index is 510. The number of halogens is 1. The van der Waals surface area contributed by atoms with Crippen molar-refractivity contribution in [2.75, 3.05) is 11.9 Å². The van der Waals surface area contributed by atoms with Crippen molar-refractivity contribution in [3.05, 3.63) is 36.4 Å². The van der Waals surface area contributed by atoms with E-state index in [9.17, 15) is 4.39 Å². The molecule has 0 unspecified atom stereocenters. The number of anilines is 2. The van der Waals surface area contributed by atoms with Gasteiger partial charge in [-0.1, -0.05) is 0 Å². The van der Waals surface area contributed by atoms with Crippen molar-refractivity contribution in [2.45, 2.75) is 6.92 Å². The van der Waals surface area contributed by atoms with Gasteiger partial charge in [-0.15, -0.1) is 0 Å². The first-order valence-corrected chi connectivity index (χ1v) is 5.37. The zero-order valence-corrected chi connectivity index (χ0v) is 9.77. The number of nitrogens with one attached hydrogen (secondary N) is 1. The number of aryl methyl sites for hydroxylation is 1. The van der Waals surface area contributed by atoms with Gasteiger partial charge >= 0.3 is 0 Å². The molecule has 0 saturated heterocycles. The molecule has 0 aliphatic carbocycles. The summed E-state index contributed by atoms with van der Waals surface area (Å²) in [5.74, 6) is 0.539. The predicted octanol–water partition coefficient (Wildman–Crippen LogP) is 2.70. The van der Waals surface area contributed by atoms with Gasteiger partial charge in [-0.05, 0) is 19.1 Å². The van der Waals surface area contributed by atoms with Crippen molar-refractivity contribution < 1.29 is 9.13 Å². The van der Waals surface area contributed by atoms with Gasteiger partial charge in [0.25, 0.3) is 0 Å². The normalized spacial score (nSPS) is 10.3. The van der Waals surface area contributed by atoms with Crippen LogP contribution in [0.2, 0.25) is 0 Å². The summed E-state index contributed by atoms with van der Waals surface area (Å²) in [6.45, 7) is 2.27. The molecule has 0 aliphatic heterocycles. The zero-order chi connectivity index (χ0) is 12.3. The maximum atomic E-state index is 13.6. The zero-order valence-electron chi connectivity index (χ0n) is 9.77. The van der Waals surface area contributed by atoms with E-state index < -0.39 is 0 Å². The Morgan fingerprint density at radius 3 is 2.88 bits per heavy atom. The maximum Gasteiger partial charge on any atom is 0.207 e. The Labute approximate surface area is 99.1 Å². The van der Waals surface area contributed by atoms with Crippen LogP contribution in [0.15, 0.2) is 30.6 Å². The Balaban J connectivity index is 2.18. The minimum atomic E-state index is -0.383. The van der Waals surface area contributed by atoms with Crippen LogP contribution in [0.1, 0.15) is 6.92 Å². The third kappa shape index (κ3) is 2.55. The molecular weight excluding hydrogens is 221 g/mol. The lowest BCUT2D eigenvalue weighted by molar-refractivity contribution is 0.321. The molecule has 0 aliphatic rings. The minimum Gasteiger partial charge on any atom is -0.491 e. The summed E-state index contributed by atoms with van der Waals surface area (Å²) in [7, 11) is 1.86. The standard InChI is InChI=1S/C12H14FN3O/c1-3-17-11-5-4-9(8-10(11)13)15-12-14-6-7-16(12)2/h4-8H,3H2,1-2H3,(H,14,15). The summed E-state index contributed by atoms with van der Waals surface area (Å²) >= 11 is 0. The monoisotopic (exact) mass is 235 g/mol. The van der Waals surface area contributed by atoms with Gasteiger partial charge in [0.15, 0.2) is 11.6 Å². The Morgan fingerprint density at radius 1 is 1.47 bits per heavy atom. The summed E-state index contributed by atoms with van der Waals surface area (Å²) in [5.41, 5.74) is 0.639. The van der Waals surface area contributed by atoms with E-state index in [1.165, 1.54) is 6.07 Å². The van der Waals surface area contributed by atoms with Crippen molar-refractivity contribution in [1.82, 2.24) is 9.55 Å². The molecule has 90 valence electrons. The van der Waals surface area contributed by atoms with E-state index in [0.717, 1.165) is 0 Å². The van der Waals surface area contributed by atoms with E-state index in [1.807, 2.05) is 24.7 Å². The molecule has 0 radical (unpaired) electrons. The van der Waals surface area contributed by atoms with Gasteiger partial charge in [0.1, 0.15) is 0 Å². The van der Waals surface area contributed by atoms with Crippen molar-refractivity contribution in [1.29, 1.82) is 0 Å². The van der Waals surface area contributed by atoms with Crippen LogP contribution in [0.3, 0.4) is 0 Å². The Morgan fingerprint density at radius 2 is 2.29 bits per heavy atom. The SMILES string of the molecule is CCOc1ccc(Nc2nccn2C)cc1F. The molecule has 2 rings (SSSR count). The van der Waals surface area contributed by atoms with E-state index in [2.05, 4.69) is 10.3 Å². The van der Waals surface area contributed by atoms with Gasteiger partial charge in [-0.3, -0.25) is 0 Å². The van der Waals surface area contributed by atoms with Crippen LogP contribution >= 0.6 is 0 Å². The number of nitrogens with zero attached hydrogens (tertiary/aromatic N) is 2. The fourth-order valence-corrected chi connectivity index (χ4v) is 1.47. The molecule has 5 heteroatoms. The summed E-state index contributed by atoms with van der Waals surface area (Å²) in [4.78, 5) is 4.10. The first-order valence-electron chi connectivity index (χ1n) is 5.37. The average Bonchev–Trinajstić information content (AvgIpc) is 2.69. The largest absolute Gasteiger partial charge is 0.491 e. The number of rotatable bonds is 4. The molecule has 0 saturated carbocycles. The van der Waals surface area contributed by atoms with Crippen LogP contribution in [-0.4, -0.2) is 16.2 Å². The number of hydrogen-bond donors (Lipinski definition) is 1. The first kappa shape index (κ1) is 11.4. The van der Waals surface area contributed by atoms with Crippen LogP contribution < -0.4 is 10.1 Å². The number of hydrogen-bond acceptors (Lipinski definition) is 3. The average molecular weight is 235 g/mol. The highest BCUT2D eigenvalue weighted by Crippen LogP contribution is 2.22. The van der Waals surface area contributed by atoms with E-state index in [1.54, 1.807) is 18.3 Å². The molecule has 4 nitrogen and oxygen atoms in total. The van der Waals surface area contributed by atoms with Crippen molar-refractivity contribution >= 4 is 11.6 Å². The molecule has 1 N–H and O–H groups in total. The topological polar surface area (TPSA) is 39.1 Å². The molecule has 0 amide bonds. The Kier molecular flexibility index (Phi) is 3.27. The van der Waals surface area contributed by atoms with Crippen LogP contribution in [0.25, 0.3) is 0 Å². The number of benzene rings is 1. The van der Waals surface area contributed by atoms with Crippen LogP contribution in [0.5, 0.6) is 5.75 Å². The lowest BCUT2D eigenvalue weighted by atomic mass is 10.3. The van der Waals surface area contributed by atoms with Gasteiger partial charge in [-0.25, -0.2) is 9.37 Å². The number of ether oxygens (including phenoxy) is 1. The predicted molar refractivity (Wildman–Crippen MR) is 64.1 cm³/mol. The molecule has 0 spiro atoms. The lowest BCUT2D eigenvalue weighted by Crippen LogP contribution is -2.00. The highest BCUT2D eigenvalue weighted by atomic mass is 19.1. The third-order valence-electron chi connectivity index (χ3n) is 2.31. The lowest BCUT2D eigenvalue weighted by Gasteiger charge is -2.08. The molecule has 1 aromatic carbocycles. The maximum absolute atomic E-state index is 13.6. The van der Waals surface area contributed by atoms with Gasteiger partial charge < -0.3 is 14.6 Å². The highest BCUT2D eigenvalue weighted by Gasteiger charge is 2.05. The van der Waals surface area contributed by atoms with E-state index >= 15 is 0 Å². The van der Waals surface area contributed by atoms with Crippen molar-refractivity contribution in [2.24, 2.45) is 7.05 Å². The molecule has 17 heavy (non-hydrogen) atoms. The quantitative estimate of drug-likeness (QED) is 0.885. The molecule has 1 aromatic heterocycles. The van der Waals surface area contributed by atoms with E-state index in [4.69, 9.17) is 4.74 Å². The third-order valence-corrected chi connectivity index (χ3v) is 2.31. The molecule has 0 bridgehead atoms. The van der Waals surface area contributed by atoms with Crippen LogP contribution in [0, 0.1) is 5.82 Å². The van der Waals surface area contributed by atoms with E-state index in [0.29, 0.717) is 18.2 Å². The van der Waals surface area contributed by atoms with Crippen LogP contribution in [-0.2, 0) is 7.05 Å². The summed E-state index contributed by atoms with van der Waals surface area (Å²) in [6, 6.07) is 4.74. The minimum absolute atomic E-state index is 0.262. The summed E-state index contributed by atoms with van der Waals surface area (Å²) in [5, 5.41) is 3.02. The fraction of sp³-hybridized carbons (Fsp3) is 0.250. The first-order chi connectivity index (χ1) is 8.20. The Hall–Kier alpha value is -2.04. The van der Waals surface area contributed by atoms with Crippen molar-refractivity contribution in [3.63, 3.8) is 0 Å². The summed E-state index contributed by atoms with van der Waals surface area (Å²) in [6.07, 6.45) is 3.49. The van der Waals surface area contributed by atoms with Gasteiger partial charge in [0, 0.05) is 31.2 Å². The number of aromatic nitrogens is 2. The second-order valence-electron chi connectivity index (χ2n) is 3.56. The molecule has 0 atom stereocenters. The second-order valence-corrected chi connectivity index (χ2v) is 3.56. The molecule has 1 heterocycles. The highest BCUT2D eigenvalue weighted by molar-refractivity contribution is 5.55. The van der Waals surface area contributed by atoms with Gasteiger partial charge in [0.2, 0.25) is 5.95 Å².